The highest BCUT2D eigenvalue weighted by Gasteiger charge is 2.05. The van der Waals surface area contributed by atoms with Crippen LogP contribution in [0.1, 0.15) is 23.4 Å². The lowest BCUT2D eigenvalue weighted by Gasteiger charge is -2.07. The summed E-state index contributed by atoms with van der Waals surface area (Å²) in [5.41, 5.74) is 10.2. The van der Waals surface area contributed by atoms with E-state index in [4.69, 9.17) is 5.73 Å². The molecule has 0 amide bonds. The first kappa shape index (κ1) is 12.7. The fraction of sp³-hybridized carbons (Fsp3) is 0.333. The molecule has 0 atom stereocenters. The zero-order chi connectivity index (χ0) is 13.0. The van der Waals surface area contributed by atoms with Gasteiger partial charge in [-0.3, -0.25) is 0 Å². The van der Waals surface area contributed by atoms with E-state index in [1.165, 1.54) is 16.7 Å². The fourth-order valence-electron chi connectivity index (χ4n) is 2.03. The number of benzene rings is 1. The Hall–Kier alpha value is -1.74. The van der Waals surface area contributed by atoms with Crippen molar-refractivity contribution in [1.29, 1.82) is 0 Å². The molecule has 18 heavy (non-hydrogen) atoms. The van der Waals surface area contributed by atoms with Crippen molar-refractivity contribution in [3.8, 4) is 11.3 Å². The summed E-state index contributed by atoms with van der Waals surface area (Å²) in [5.74, 6) is 0.873. The van der Waals surface area contributed by atoms with Crippen LogP contribution in [-0.2, 0) is 6.42 Å². The van der Waals surface area contributed by atoms with Crippen LogP contribution in [-0.4, -0.2) is 16.5 Å². The summed E-state index contributed by atoms with van der Waals surface area (Å²) < 4.78 is 0. The molecule has 0 fully saturated rings. The van der Waals surface area contributed by atoms with Crippen LogP contribution in [0.3, 0.4) is 0 Å². The van der Waals surface area contributed by atoms with Gasteiger partial charge >= 0.3 is 0 Å². The Morgan fingerprint density at radius 3 is 2.72 bits per heavy atom. The first-order valence-electron chi connectivity index (χ1n) is 6.30. The molecule has 2 N–H and O–H groups in total. The second-order valence-corrected chi connectivity index (χ2v) is 4.57. The Morgan fingerprint density at radius 2 is 2.00 bits per heavy atom. The molecule has 2 aromatic rings. The lowest BCUT2D eigenvalue weighted by Crippen LogP contribution is -2.03. The number of aromatic nitrogens is 2. The molecule has 0 bridgehead atoms. The molecule has 1 aromatic heterocycles. The van der Waals surface area contributed by atoms with Gasteiger partial charge in [-0.2, -0.15) is 0 Å². The van der Waals surface area contributed by atoms with Crippen LogP contribution in [0, 0.1) is 13.8 Å². The van der Waals surface area contributed by atoms with Gasteiger partial charge in [0.15, 0.2) is 0 Å². The van der Waals surface area contributed by atoms with Gasteiger partial charge in [-0.1, -0.05) is 23.8 Å². The van der Waals surface area contributed by atoms with E-state index in [0.29, 0.717) is 6.54 Å². The summed E-state index contributed by atoms with van der Waals surface area (Å²) in [6, 6.07) is 8.38. The van der Waals surface area contributed by atoms with Gasteiger partial charge in [-0.05, 0) is 38.4 Å². The van der Waals surface area contributed by atoms with Gasteiger partial charge < -0.3 is 5.73 Å². The molecule has 0 radical (unpaired) electrons. The predicted octanol–water partition coefficient (Wildman–Crippen LogP) is 2.65. The third-order valence-corrected chi connectivity index (χ3v) is 2.97. The molecule has 0 saturated carbocycles. The highest BCUT2D eigenvalue weighted by Crippen LogP contribution is 2.22. The van der Waals surface area contributed by atoms with Gasteiger partial charge in [0.05, 0.1) is 5.69 Å². The molecule has 0 aliphatic heterocycles. The quantitative estimate of drug-likeness (QED) is 0.895. The standard InChI is InChI=1S/C15H19N3/c1-11-5-6-13(12(2)10-11)14-7-9-17-15(18-14)4-3-8-16/h5-7,9-10H,3-4,8,16H2,1-2H3. The summed E-state index contributed by atoms with van der Waals surface area (Å²) in [7, 11) is 0. The zero-order valence-electron chi connectivity index (χ0n) is 11.0. The Kier molecular flexibility index (Phi) is 4.05. The summed E-state index contributed by atoms with van der Waals surface area (Å²) in [4.78, 5) is 8.89. The monoisotopic (exact) mass is 241 g/mol. The maximum Gasteiger partial charge on any atom is 0.128 e. The van der Waals surface area contributed by atoms with E-state index in [2.05, 4.69) is 42.0 Å². The Bertz CT molecular complexity index is 535. The normalized spacial score (nSPS) is 10.6. The van der Waals surface area contributed by atoms with Crippen molar-refractivity contribution in [3.05, 3.63) is 47.4 Å². The Balaban J connectivity index is 2.32. The Morgan fingerprint density at radius 1 is 1.17 bits per heavy atom. The minimum absolute atomic E-state index is 0.678. The van der Waals surface area contributed by atoms with Crippen molar-refractivity contribution in [2.45, 2.75) is 26.7 Å². The topological polar surface area (TPSA) is 51.8 Å². The largest absolute Gasteiger partial charge is 0.330 e. The lowest BCUT2D eigenvalue weighted by atomic mass is 10.0. The summed E-state index contributed by atoms with van der Waals surface area (Å²) in [6.07, 6.45) is 3.60. The smallest absolute Gasteiger partial charge is 0.128 e. The molecule has 3 nitrogen and oxygen atoms in total. The summed E-state index contributed by atoms with van der Waals surface area (Å²) in [6.45, 7) is 4.89. The average molecular weight is 241 g/mol. The van der Waals surface area contributed by atoms with Crippen molar-refractivity contribution in [2.24, 2.45) is 5.73 Å². The number of hydrogen-bond acceptors (Lipinski definition) is 3. The van der Waals surface area contributed by atoms with Gasteiger partial charge in [0, 0.05) is 18.2 Å². The van der Waals surface area contributed by atoms with E-state index >= 15 is 0 Å². The second kappa shape index (κ2) is 5.74. The Labute approximate surface area is 108 Å². The maximum absolute atomic E-state index is 5.51. The summed E-state index contributed by atoms with van der Waals surface area (Å²) in [5, 5.41) is 0. The van der Waals surface area contributed by atoms with Crippen LogP contribution < -0.4 is 5.73 Å². The predicted molar refractivity (Wildman–Crippen MR) is 74.3 cm³/mol. The van der Waals surface area contributed by atoms with E-state index in [9.17, 15) is 0 Å². The molecule has 0 aliphatic rings. The van der Waals surface area contributed by atoms with Crippen LogP contribution in [0.2, 0.25) is 0 Å². The third-order valence-electron chi connectivity index (χ3n) is 2.97. The number of nitrogens with zero attached hydrogens (tertiary/aromatic N) is 2. The van der Waals surface area contributed by atoms with Crippen molar-refractivity contribution in [2.75, 3.05) is 6.54 Å². The van der Waals surface area contributed by atoms with Gasteiger partial charge in [0.2, 0.25) is 0 Å². The van der Waals surface area contributed by atoms with E-state index in [1.807, 2.05) is 12.3 Å². The van der Waals surface area contributed by atoms with Gasteiger partial charge in [-0.15, -0.1) is 0 Å². The van der Waals surface area contributed by atoms with Crippen LogP contribution in [0.15, 0.2) is 30.5 Å². The molecule has 0 saturated heterocycles. The first-order valence-corrected chi connectivity index (χ1v) is 6.30. The lowest BCUT2D eigenvalue weighted by molar-refractivity contribution is 0.782. The highest BCUT2D eigenvalue weighted by atomic mass is 14.9. The third kappa shape index (κ3) is 2.93. The highest BCUT2D eigenvalue weighted by molar-refractivity contribution is 5.63. The van der Waals surface area contributed by atoms with Crippen LogP contribution in [0.4, 0.5) is 0 Å². The molecule has 2 rings (SSSR count). The van der Waals surface area contributed by atoms with E-state index in [1.54, 1.807) is 0 Å². The van der Waals surface area contributed by atoms with Crippen molar-refractivity contribution >= 4 is 0 Å². The number of nitrogens with two attached hydrogens (primary N) is 1. The van der Waals surface area contributed by atoms with Crippen molar-refractivity contribution < 1.29 is 0 Å². The van der Waals surface area contributed by atoms with Crippen LogP contribution >= 0.6 is 0 Å². The molecular weight excluding hydrogens is 222 g/mol. The molecule has 0 spiro atoms. The fourth-order valence-corrected chi connectivity index (χ4v) is 2.03. The second-order valence-electron chi connectivity index (χ2n) is 4.57. The number of hydrogen-bond donors (Lipinski definition) is 1. The zero-order valence-corrected chi connectivity index (χ0v) is 11.0. The van der Waals surface area contributed by atoms with Crippen LogP contribution in [0.5, 0.6) is 0 Å². The minimum atomic E-state index is 0.678. The first-order chi connectivity index (χ1) is 8.70. The van der Waals surface area contributed by atoms with Gasteiger partial charge in [0.1, 0.15) is 5.82 Å². The van der Waals surface area contributed by atoms with Gasteiger partial charge in [-0.25, -0.2) is 9.97 Å². The molecule has 1 heterocycles. The summed E-state index contributed by atoms with van der Waals surface area (Å²) >= 11 is 0. The molecular formula is C15H19N3. The van der Waals surface area contributed by atoms with Crippen molar-refractivity contribution in [3.63, 3.8) is 0 Å². The average Bonchev–Trinajstić information content (AvgIpc) is 2.36. The number of aryl methyl sites for hydroxylation is 3. The minimum Gasteiger partial charge on any atom is -0.330 e. The van der Waals surface area contributed by atoms with E-state index < -0.39 is 0 Å². The molecule has 94 valence electrons. The molecule has 3 heteroatoms. The number of rotatable bonds is 4. The SMILES string of the molecule is Cc1ccc(-c2ccnc(CCCN)n2)c(C)c1. The molecule has 0 unspecified atom stereocenters. The van der Waals surface area contributed by atoms with Crippen LogP contribution in [0.25, 0.3) is 11.3 Å². The molecule has 1 aromatic carbocycles. The molecule has 0 aliphatic carbocycles. The van der Waals surface area contributed by atoms with E-state index in [-0.39, 0.29) is 0 Å². The van der Waals surface area contributed by atoms with E-state index in [0.717, 1.165) is 24.4 Å². The van der Waals surface area contributed by atoms with Gasteiger partial charge in [0.25, 0.3) is 0 Å². The van der Waals surface area contributed by atoms with Crippen molar-refractivity contribution in [1.82, 2.24) is 9.97 Å². The maximum atomic E-state index is 5.51.